The SMILES string of the molecule is C/C=C/C=N/NC(=O)c1ccc(C(=O)N/N=C/C=C/C)cc1. The van der Waals surface area contributed by atoms with Gasteiger partial charge in [0.1, 0.15) is 0 Å². The summed E-state index contributed by atoms with van der Waals surface area (Å²) in [4.78, 5) is 23.5. The van der Waals surface area contributed by atoms with Crippen LogP contribution in [0, 0.1) is 0 Å². The maximum Gasteiger partial charge on any atom is 0.271 e. The number of hydrogen-bond acceptors (Lipinski definition) is 4. The van der Waals surface area contributed by atoms with Crippen LogP contribution in [0.1, 0.15) is 34.6 Å². The first-order valence-corrected chi connectivity index (χ1v) is 6.68. The summed E-state index contributed by atoms with van der Waals surface area (Å²) in [6.45, 7) is 3.69. The summed E-state index contributed by atoms with van der Waals surface area (Å²) >= 11 is 0. The molecular weight excluding hydrogens is 280 g/mol. The van der Waals surface area contributed by atoms with Gasteiger partial charge in [0.25, 0.3) is 11.8 Å². The highest BCUT2D eigenvalue weighted by Gasteiger charge is 2.07. The summed E-state index contributed by atoms with van der Waals surface area (Å²) in [5, 5.41) is 7.47. The van der Waals surface area contributed by atoms with Gasteiger partial charge in [0.2, 0.25) is 0 Å². The summed E-state index contributed by atoms with van der Waals surface area (Å²) in [6, 6.07) is 6.19. The Balaban J connectivity index is 2.62. The summed E-state index contributed by atoms with van der Waals surface area (Å²) < 4.78 is 0. The second-order valence-electron chi connectivity index (χ2n) is 4.07. The average Bonchev–Trinajstić information content (AvgIpc) is 2.55. The van der Waals surface area contributed by atoms with Crippen molar-refractivity contribution in [1.82, 2.24) is 10.9 Å². The first-order valence-electron chi connectivity index (χ1n) is 6.68. The van der Waals surface area contributed by atoms with E-state index in [0.717, 1.165) is 0 Å². The number of carbonyl (C=O) groups is 2. The monoisotopic (exact) mass is 298 g/mol. The van der Waals surface area contributed by atoms with E-state index in [2.05, 4.69) is 21.1 Å². The Hall–Kier alpha value is -3.02. The second kappa shape index (κ2) is 9.82. The minimum absolute atomic E-state index is 0.348. The molecule has 0 unspecified atom stereocenters. The molecule has 1 aromatic rings. The van der Waals surface area contributed by atoms with E-state index in [0.29, 0.717) is 11.1 Å². The smallest absolute Gasteiger partial charge is 0.267 e. The Morgan fingerprint density at radius 1 is 0.818 bits per heavy atom. The van der Waals surface area contributed by atoms with Crippen molar-refractivity contribution in [2.75, 3.05) is 0 Å². The van der Waals surface area contributed by atoms with Gasteiger partial charge in [-0.15, -0.1) is 0 Å². The fraction of sp³-hybridized carbons (Fsp3) is 0.125. The maximum atomic E-state index is 11.8. The van der Waals surface area contributed by atoms with Crippen LogP contribution in [0.5, 0.6) is 0 Å². The molecule has 0 saturated carbocycles. The van der Waals surface area contributed by atoms with Crippen molar-refractivity contribution in [3.63, 3.8) is 0 Å². The Bertz CT molecular complexity index is 559. The van der Waals surface area contributed by atoms with Gasteiger partial charge in [0.05, 0.1) is 0 Å². The van der Waals surface area contributed by atoms with Crippen LogP contribution in [0.15, 0.2) is 58.8 Å². The van der Waals surface area contributed by atoms with E-state index in [-0.39, 0.29) is 11.8 Å². The standard InChI is InChI=1S/C16H18N4O2/c1-3-5-11-17-19-15(21)13-7-9-14(10-8-13)16(22)20-18-12-6-4-2/h3-12H,1-2H3,(H,19,21)(H,20,22)/b5-3+,6-4+,17-11+,18-12+. The van der Waals surface area contributed by atoms with E-state index in [1.807, 2.05) is 13.8 Å². The summed E-state index contributed by atoms with van der Waals surface area (Å²) in [6.07, 6.45) is 9.93. The van der Waals surface area contributed by atoms with Gasteiger partial charge >= 0.3 is 0 Å². The molecule has 0 radical (unpaired) electrons. The third-order valence-electron chi connectivity index (χ3n) is 2.45. The lowest BCUT2D eigenvalue weighted by molar-refractivity contribution is 0.0943. The largest absolute Gasteiger partial charge is 0.271 e. The molecule has 0 fully saturated rings. The molecule has 2 amide bonds. The quantitative estimate of drug-likeness (QED) is 0.624. The van der Waals surface area contributed by atoms with E-state index in [1.54, 1.807) is 48.6 Å². The molecule has 0 bridgehead atoms. The van der Waals surface area contributed by atoms with E-state index >= 15 is 0 Å². The molecule has 0 heterocycles. The summed E-state index contributed by atoms with van der Waals surface area (Å²) in [5.74, 6) is -0.697. The summed E-state index contributed by atoms with van der Waals surface area (Å²) in [5.41, 5.74) is 5.57. The van der Waals surface area contributed by atoms with Crippen molar-refractivity contribution < 1.29 is 9.59 Å². The van der Waals surface area contributed by atoms with Gasteiger partial charge in [-0.05, 0) is 50.3 Å². The second-order valence-corrected chi connectivity index (χ2v) is 4.07. The lowest BCUT2D eigenvalue weighted by Gasteiger charge is -2.02. The molecule has 22 heavy (non-hydrogen) atoms. The van der Waals surface area contributed by atoms with Gasteiger partial charge in [-0.1, -0.05) is 12.2 Å². The maximum absolute atomic E-state index is 11.8. The number of benzene rings is 1. The zero-order chi connectivity index (χ0) is 16.2. The Labute approximate surface area is 129 Å². The molecule has 0 aliphatic heterocycles. The Morgan fingerprint density at radius 3 is 1.50 bits per heavy atom. The number of hydrazone groups is 2. The van der Waals surface area contributed by atoms with Crippen molar-refractivity contribution in [3.8, 4) is 0 Å². The third kappa shape index (κ3) is 5.96. The Kier molecular flexibility index (Phi) is 7.60. The van der Waals surface area contributed by atoms with Gasteiger partial charge in [-0.2, -0.15) is 10.2 Å². The Morgan fingerprint density at radius 2 is 1.18 bits per heavy atom. The van der Waals surface area contributed by atoms with Crippen LogP contribution in [-0.4, -0.2) is 24.2 Å². The fourth-order valence-electron chi connectivity index (χ4n) is 1.35. The van der Waals surface area contributed by atoms with Crippen LogP contribution in [0.3, 0.4) is 0 Å². The van der Waals surface area contributed by atoms with Crippen LogP contribution in [0.2, 0.25) is 0 Å². The van der Waals surface area contributed by atoms with Crippen LogP contribution in [0.4, 0.5) is 0 Å². The van der Waals surface area contributed by atoms with Crippen LogP contribution < -0.4 is 10.9 Å². The lowest BCUT2D eigenvalue weighted by Crippen LogP contribution is -2.19. The number of carbonyl (C=O) groups excluding carboxylic acids is 2. The first-order chi connectivity index (χ1) is 10.7. The number of rotatable bonds is 6. The zero-order valence-electron chi connectivity index (χ0n) is 12.5. The predicted molar refractivity (Wildman–Crippen MR) is 88.0 cm³/mol. The van der Waals surface area contributed by atoms with E-state index in [1.165, 1.54) is 12.4 Å². The van der Waals surface area contributed by atoms with Crippen molar-refractivity contribution in [3.05, 3.63) is 59.7 Å². The molecular formula is C16H18N4O2. The molecule has 0 aromatic heterocycles. The van der Waals surface area contributed by atoms with Crippen molar-refractivity contribution in [1.29, 1.82) is 0 Å². The van der Waals surface area contributed by atoms with E-state index in [9.17, 15) is 9.59 Å². The first kappa shape index (κ1) is 17.0. The molecule has 1 rings (SSSR count). The predicted octanol–water partition coefficient (Wildman–Crippen LogP) is 2.27. The fourth-order valence-corrected chi connectivity index (χ4v) is 1.35. The van der Waals surface area contributed by atoms with Crippen LogP contribution >= 0.6 is 0 Å². The molecule has 114 valence electrons. The molecule has 0 saturated heterocycles. The normalized spacial score (nSPS) is 11.7. The number of nitrogens with one attached hydrogen (secondary N) is 2. The molecule has 6 nitrogen and oxygen atoms in total. The molecule has 0 aliphatic carbocycles. The lowest BCUT2D eigenvalue weighted by atomic mass is 10.1. The zero-order valence-corrected chi connectivity index (χ0v) is 12.5. The summed E-state index contributed by atoms with van der Waals surface area (Å²) in [7, 11) is 0. The van der Waals surface area contributed by atoms with Crippen molar-refractivity contribution in [2.45, 2.75) is 13.8 Å². The van der Waals surface area contributed by atoms with E-state index < -0.39 is 0 Å². The molecule has 0 atom stereocenters. The number of amides is 2. The number of hydrogen-bond donors (Lipinski definition) is 2. The van der Waals surface area contributed by atoms with Gasteiger partial charge in [0, 0.05) is 23.6 Å². The highest BCUT2D eigenvalue weighted by atomic mass is 16.2. The highest BCUT2D eigenvalue weighted by molar-refractivity contribution is 5.98. The molecule has 1 aromatic carbocycles. The number of allylic oxidation sites excluding steroid dienone is 4. The molecule has 6 heteroatoms. The minimum atomic E-state index is -0.348. The topological polar surface area (TPSA) is 82.9 Å². The number of nitrogens with zero attached hydrogens (tertiary/aromatic N) is 2. The third-order valence-corrected chi connectivity index (χ3v) is 2.45. The van der Waals surface area contributed by atoms with Crippen molar-refractivity contribution >= 4 is 24.2 Å². The van der Waals surface area contributed by atoms with Gasteiger partial charge in [-0.25, -0.2) is 10.9 Å². The minimum Gasteiger partial charge on any atom is -0.267 e. The molecule has 0 aliphatic rings. The van der Waals surface area contributed by atoms with Gasteiger partial charge in [-0.3, -0.25) is 9.59 Å². The van der Waals surface area contributed by atoms with Crippen LogP contribution in [0.25, 0.3) is 0 Å². The van der Waals surface area contributed by atoms with Crippen molar-refractivity contribution in [2.24, 2.45) is 10.2 Å². The van der Waals surface area contributed by atoms with Gasteiger partial charge in [0.15, 0.2) is 0 Å². The van der Waals surface area contributed by atoms with Gasteiger partial charge < -0.3 is 0 Å². The average molecular weight is 298 g/mol. The molecule has 2 N–H and O–H groups in total. The van der Waals surface area contributed by atoms with Crippen LogP contribution in [-0.2, 0) is 0 Å². The highest BCUT2D eigenvalue weighted by Crippen LogP contribution is 2.04. The molecule has 0 spiro atoms. The van der Waals surface area contributed by atoms with E-state index in [4.69, 9.17) is 0 Å².